The maximum Gasteiger partial charge on any atom is 0.409 e. The normalized spacial score (nSPS) is 11.8. The average Bonchev–Trinajstić information content (AvgIpc) is 2.49. The zero-order chi connectivity index (χ0) is 16.0. The number of carbonyl (C=O) groups excluding carboxylic acids is 1. The second-order valence-electron chi connectivity index (χ2n) is 4.48. The first-order chi connectivity index (χ1) is 10.4. The van der Waals surface area contributed by atoms with Crippen LogP contribution in [0.5, 0.6) is 0 Å². The van der Waals surface area contributed by atoms with Crippen molar-refractivity contribution in [2.45, 2.75) is 6.18 Å². The summed E-state index contributed by atoms with van der Waals surface area (Å²) in [5.41, 5.74) is 0.838. The molecule has 0 saturated carbocycles. The molecule has 0 fully saturated rings. The molecule has 0 atom stereocenters. The molecule has 1 aromatic heterocycles. The van der Waals surface area contributed by atoms with Crippen molar-refractivity contribution in [2.75, 3.05) is 18.4 Å². The van der Waals surface area contributed by atoms with Crippen molar-refractivity contribution < 1.29 is 18.0 Å². The molecule has 0 spiro atoms. The predicted octanol–water partition coefficient (Wildman–Crippen LogP) is 2.88. The molecule has 4 nitrogen and oxygen atoms in total. The van der Waals surface area contributed by atoms with Crippen LogP contribution < -0.4 is 10.6 Å². The van der Waals surface area contributed by atoms with Crippen molar-refractivity contribution in [1.29, 1.82) is 0 Å². The topological polar surface area (TPSA) is 54.0 Å². The van der Waals surface area contributed by atoms with Crippen molar-refractivity contribution >= 4 is 22.6 Å². The van der Waals surface area contributed by atoms with Gasteiger partial charge in [0.05, 0.1) is 5.52 Å². The highest BCUT2D eigenvalue weighted by Crippen LogP contribution is 2.15. The highest BCUT2D eigenvalue weighted by atomic mass is 19.4. The molecule has 0 aliphatic rings. The van der Waals surface area contributed by atoms with E-state index < -0.39 is 12.1 Å². The third kappa shape index (κ3) is 5.08. The summed E-state index contributed by atoms with van der Waals surface area (Å²) in [5.74, 6) is -0.149. The SMILES string of the molecule is O=C(C=CC(F)(F)F)NCCNc1ccc2ccccc2n1. The second kappa shape index (κ2) is 6.93. The molecule has 2 N–H and O–H groups in total. The fraction of sp³-hybridized carbons (Fsp3) is 0.200. The van der Waals surface area contributed by atoms with Gasteiger partial charge in [0.15, 0.2) is 0 Å². The monoisotopic (exact) mass is 309 g/mol. The summed E-state index contributed by atoms with van der Waals surface area (Å²) in [4.78, 5) is 15.5. The van der Waals surface area contributed by atoms with Gasteiger partial charge in [-0.15, -0.1) is 0 Å². The van der Waals surface area contributed by atoms with Gasteiger partial charge in [-0.3, -0.25) is 4.79 Å². The van der Waals surface area contributed by atoms with Crippen molar-refractivity contribution in [3.63, 3.8) is 0 Å². The van der Waals surface area contributed by atoms with Crippen LogP contribution in [0, 0.1) is 0 Å². The molecule has 1 amide bonds. The lowest BCUT2D eigenvalue weighted by atomic mass is 10.2. The summed E-state index contributed by atoms with van der Waals surface area (Å²) in [7, 11) is 0. The van der Waals surface area contributed by atoms with Crippen LogP contribution in [0.15, 0.2) is 48.6 Å². The largest absolute Gasteiger partial charge is 0.409 e. The number of halogens is 3. The van der Waals surface area contributed by atoms with Crippen molar-refractivity contribution in [3.8, 4) is 0 Å². The van der Waals surface area contributed by atoms with Crippen LogP contribution >= 0.6 is 0 Å². The highest BCUT2D eigenvalue weighted by Gasteiger charge is 2.22. The van der Waals surface area contributed by atoms with Crippen LogP contribution in [0.1, 0.15) is 0 Å². The number of amides is 1. The van der Waals surface area contributed by atoms with Gasteiger partial charge in [-0.1, -0.05) is 18.2 Å². The molecule has 0 unspecified atom stereocenters. The number of pyridine rings is 1. The van der Waals surface area contributed by atoms with E-state index in [4.69, 9.17) is 0 Å². The lowest BCUT2D eigenvalue weighted by Gasteiger charge is -2.07. The molecule has 2 aromatic rings. The number of para-hydroxylation sites is 1. The van der Waals surface area contributed by atoms with Gasteiger partial charge >= 0.3 is 6.18 Å². The Kier molecular flexibility index (Phi) is 4.98. The van der Waals surface area contributed by atoms with E-state index in [2.05, 4.69) is 15.6 Å². The fourth-order valence-corrected chi connectivity index (χ4v) is 1.77. The van der Waals surface area contributed by atoms with Crippen LogP contribution in [0.2, 0.25) is 0 Å². The highest BCUT2D eigenvalue weighted by molar-refractivity contribution is 5.87. The first-order valence-electron chi connectivity index (χ1n) is 6.57. The number of nitrogens with one attached hydrogen (secondary N) is 2. The number of nitrogens with zero attached hydrogens (tertiary/aromatic N) is 1. The van der Waals surface area contributed by atoms with Crippen LogP contribution in [-0.4, -0.2) is 30.2 Å². The third-order valence-electron chi connectivity index (χ3n) is 2.75. The van der Waals surface area contributed by atoms with Gasteiger partial charge in [-0.25, -0.2) is 4.98 Å². The average molecular weight is 309 g/mol. The summed E-state index contributed by atoms with van der Waals surface area (Å²) in [5, 5.41) is 6.35. The molecular formula is C15H14F3N3O. The van der Waals surface area contributed by atoms with E-state index in [-0.39, 0.29) is 12.6 Å². The quantitative estimate of drug-likeness (QED) is 0.659. The van der Waals surface area contributed by atoms with Crippen LogP contribution in [0.3, 0.4) is 0 Å². The third-order valence-corrected chi connectivity index (χ3v) is 2.75. The maximum atomic E-state index is 11.9. The number of anilines is 1. The molecular weight excluding hydrogens is 295 g/mol. The van der Waals surface area contributed by atoms with Gasteiger partial charge in [0.25, 0.3) is 0 Å². The molecule has 1 heterocycles. The smallest absolute Gasteiger partial charge is 0.368 e. The minimum absolute atomic E-state index is 0.0966. The van der Waals surface area contributed by atoms with Crippen LogP contribution in [0.4, 0.5) is 19.0 Å². The first-order valence-corrected chi connectivity index (χ1v) is 6.57. The van der Waals surface area contributed by atoms with Crippen LogP contribution in [0.25, 0.3) is 10.9 Å². The predicted molar refractivity (Wildman–Crippen MR) is 78.4 cm³/mol. The molecule has 116 valence electrons. The van der Waals surface area contributed by atoms with Crippen molar-refractivity contribution in [2.24, 2.45) is 0 Å². The minimum atomic E-state index is -4.48. The summed E-state index contributed by atoms with van der Waals surface area (Å²) in [6.07, 6.45) is -4.11. The summed E-state index contributed by atoms with van der Waals surface area (Å²) >= 11 is 0. The Balaban J connectivity index is 1.78. The minimum Gasteiger partial charge on any atom is -0.368 e. The molecule has 0 saturated heterocycles. The Hall–Kier alpha value is -2.57. The van der Waals surface area contributed by atoms with Gasteiger partial charge in [-0.05, 0) is 18.2 Å². The molecule has 2 rings (SSSR count). The summed E-state index contributed by atoms with van der Waals surface area (Å²) in [6, 6.07) is 11.3. The van der Waals surface area contributed by atoms with Gasteiger partial charge in [0.2, 0.25) is 5.91 Å². The number of benzene rings is 1. The number of fused-ring (bicyclic) bond motifs is 1. The molecule has 22 heavy (non-hydrogen) atoms. The van der Waals surface area contributed by atoms with E-state index in [9.17, 15) is 18.0 Å². The number of allylic oxidation sites excluding steroid dienone is 1. The second-order valence-corrected chi connectivity index (χ2v) is 4.48. The molecule has 7 heteroatoms. The van der Waals surface area contributed by atoms with E-state index in [0.717, 1.165) is 10.9 Å². The molecule has 0 aliphatic heterocycles. The molecule has 1 aromatic carbocycles. The maximum absolute atomic E-state index is 11.9. The Morgan fingerprint density at radius 2 is 1.91 bits per heavy atom. The Morgan fingerprint density at radius 3 is 2.68 bits per heavy atom. The van der Waals surface area contributed by atoms with E-state index in [1.807, 2.05) is 30.3 Å². The van der Waals surface area contributed by atoms with Gasteiger partial charge in [-0.2, -0.15) is 13.2 Å². The summed E-state index contributed by atoms with van der Waals surface area (Å²) < 4.78 is 35.6. The fourth-order valence-electron chi connectivity index (χ4n) is 1.77. The number of hydrogen-bond donors (Lipinski definition) is 2. The lowest BCUT2D eigenvalue weighted by molar-refractivity contribution is -0.117. The van der Waals surface area contributed by atoms with E-state index in [1.165, 1.54) is 0 Å². The van der Waals surface area contributed by atoms with E-state index in [1.54, 1.807) is 6.07 Å². The Morgan fingerprint density at radius 1 is 1.14 bits per heavy atom. The van der Waals surface area contributed by atoms with E-state index >= 15 is 0 Å². The summed E-state index contributed by atoms with van der Waals surface area (Å²) in [6.45, 7) is 0.548. The first kappa shape index (κ1) is 15.8. The lowest BCUT2D eigenvalue weighted by Crippen LogP contribution is -2.27. The molecule has 0 radical (unpaired) electrons. The standard InChI is InChI=1S/C15H14F3N3O/c16-15(17,18)8-7-14(22)20-10-9-19-13-6-5-11-3-1-2-4-12(11)21-13/h1-8H,9-10H2,(H,19,21)(H,20,22). The Labute approximate surface area is 125 Å². The van der Waals surface area contributed by atoms with Crippen molar-refractivity contribution in [3.05, 3.63) is 48.6 Å². The number of alkyl halides is 3. The number of aromatic nitrogens is 1. The van der Waals surface area contributed by atoms with Crippen LogP contribution in [-0.2, 0) is 4.79 Å². The number of carbonyl (C=O) groups is 1. The van der Waals surface area contributed by atoms with Crippen molar-refractivity contribution in [1.82, 2.24) is 10.3 Å². The zero-order valence-corrected chi connectivity index (χ0v) is 11.5. The van der Waals surface area contributed by atoms with E-state index in [0.29, 0.717) is 18.4 Å². The molecule has 0 bridgehead atoms. The number of hydrogen-bond acceptors (Lipinski definition) is 3. The number of rotatable bonds is 5. The molecule has 0 aliphatic carbocycles. The Bertz CT molecular complexity index is 683. The zero-order valence-electron chi connectivity index (χ0n) is 11.5. The van der Waals surface area contributed by atoms with Gasteiger partial charge < -0.3 is 10.6 Å². The van der Waals surface area contributed by atoms with Gasteiger partial charge in [0.1, 0.15) is 5.82 Å². The van der Waals surface area contributed by atoms with Gasteiger partial charge in [0, 0.05) is 30.6 Å².